The van der Waals surface area contributed by atoms with Crippen molar-refractivity contribution in [3.05, 3.63) is 12.2 Å². The summed E-state index contributed by atoms with van der Waals surface area (Å²) in [6.07, 6.45) is 13.1. The number of hydrogen-bond acceptors (Lipinski definition) is 4. The van der Waals surface area contributed by atoms with Crippen molar-refractivity contribution >= 4 is 5.97 Å². The molecule has 126 valence electrons. The molecule has 5 heteroatoms. The van der Waals surface area contributed by atoms with Crippen LogP contribution in [0.5, 0.6) is 0 Å². The SMILES string of the molecule is CCCCCC(O)C=CCN(C#N)CCCCCCC(=O)O. The maximum Gasteiger partial charge on any atom is 0.303 e. The lowest BCUT2D eigenvalue weighted by molar-refractivity contribution is -0.137. The van der Waals surface area contributed by atoms with Gasteiger partial charge in [-0.05, 0) is 19.3 Å². The highest BCUT2D eigenvalue weighted by Crippen LogP contribution is 2.06. The van der Waals surface area contributed by atoms with Crippen LogP contribution < -0.4 is 0 Å². The summed E-state index contributed by atoms with van der Waals surface area (Å²) in [6.45, 7) is 3.34. The minimum Gasteiger partial charge on any atom is -0.481 e. The van der Waals surface area contributed by atoms with Crippen molar-refractivity contribution in [3.63, 3.8) is 0 Å². The standard InChI is InChI=1S/C17H30N2O3/c1-2-3-6-10-16(20)11-9-14-19(15-18)13-8-5-4-7-12-17(21)22/h9,11,16,20H,2-8,10,12-14H2,1H3,(H,21,22). The third kappa shape index (κ3) is 13.4. The second kappa shape index (κ2) is 14.4. The molecule has 0 saturated heterocycles. The van der Waals surface area contributed by atoms with Crippen LogP contribution in [0.15, 0.2) is 12.2 Å². The van der Waals surface area contributed by atoms with Gasteiger partial charge in [0.25, 0.3) is 0 Å². The van der Waals surface area contributed by atoms with Gasteiger partial charge < -0.3 is 15.1 Å². The number of aliphatic hydroxyl groups is 1. The number of carboxylic acids is 1. The van der Waals surface area contributed by atoms with Crippen LogP contribution in [0.4, 0.5) is 0 Å². The molecule has 2 N–H and O–H groups in total. The highest BCUT2D eigenvalue weighted by Gasteiger charge is 2.02. The van der Waals surface area contributed by atoms with Crippen molar-refractivity contribution in [1.29, 1.82) is 5.26 Å². The molecular weight excluding hydrogens is 280 g/mol. The lowest BCUT2D eigenvalue weighted by Crippen LogP contribution is -2.19. The Morgan fingerprint density at radius 1 is 1.23 bits per heavy atom. The van der Waals surface area contributed by atoms with Crippen LogP contribution in [0.1, 0.15) is 64.7 Å². The first kappa shape index (κ1) is 20.5. The number of rotatable bonds is 14. The Hall–Kier alpha value is -1.54. The third-order valence-corrected chi connectivity index (χ3v) is 3.50. The monoisotopic (exact) mass is 310 g/mol. The van der Waals surface area contributed by atoms with E-state index >= 15 is 0 Å². The lowest BCUT2D eigenvalue weighted by Gasteiger charge is -2.13. The number of aliphatic hydroxyl groups excluding tert-OH is 1. The minimum atomic E-state index is -0.749. The van der Waals surface area contributed by atoms with E-state index in [1.54, 1.807) is 11.0 Å². The van der Waals surface area contributed by atoms with Gasteiger partial charge in [0.2, 0.25) is 0 Å². The average Bonchev–Trinajstić information content (AvgIpc) is 2.48. The fourth-order valence-electron chi connectivity index (χ4n) is 2.16. The van der Waals surface area contributed by atoms with Crippen LogP contribution in [-0.2, 0) is 4.79 Å². The van der Waals surface area contributed by atoms with Crippen LogP contribution in [0.25, 0.3) is 0 Å². The van der Waals surface area contributed by atoms with E-state index in [-0.39, 0.29) is 6.42 Å². The summed E-state index contributed by atoms with van der Waals surface area (Å²) in [5, 5.41) is 27.3. The molecule has 0 aromatic rings. The molecule has 0 rings (SSSR count). The van der Waals surface area contributed by atoms with Gasteiger partial charge in [0, 0.05) is 19.5 Å². The Bertz CT molecular complexity index is 350. The van der Waals surface area contributed by atoms with Gasteiger partial charge >= 0.3 is 5.97 Å². The predicted molar refractivity (Wildman–Crippen MR) is 87.2 cm³/mol. The maximum atomic E-state index is 10.4. The number of unbranched alkanes of at least 4 members (excludes halogenated alkanes) is 5. The van der Waals surface area contributed by atoms with E-state index < -0.39 is 12.1 Å². The fraction of sp³-hybridized carbons (Fsp3) is 0.765. The first-order valence-corrected chi connectivity index (χ1v) is 8.31. The number of carboxylic acid groups (broad SMARTS) is 1. The Labute approximate surface area is 134 Å². The molecule has 0 spiro atoms. The van der Waals surface area contributed by atoms with Crippen LogP contribution in [0.3, 0.4) is 0 Å². The highest BCUT2D eigenvalue weighted by molar-refractivity contribution is 5.66. The molecule has 0 radical (unpaired) electrons. The molecule has 0 bridgehead atoms. The molecular formula is C17H30N2O3. The summed E-state index contributed by atoms with van der Waals surface area (Å²) >= 11 is 0. The van der Waals surface area contributed by atoms with Gasteiger partial charge in [-0.3, -0.25) is 4.79 Å². The molecule has 1 atom stereocenters. The van der Waals surface area contributed by atoms with Crippen molar-refractivity contribution in [2.75, 3.05) is 13.1 Å². The normalized spacial score (nSPS) is 12.2. The summed E-state index contributed by atoms with van der Waals surface area (Å²) in [5.41, 5.74) is 0. The first-order chi connectivity index (χ1) is 10.6. The van der Waals surface area contributed by atoms with Crippen LogP contribution in [-0.4, -0.2) is 40.3 Å². The number of aliphatic carboxylic acids is 1. The molecule has 0 aliphatic rings. The molecule has 22 heavy (non-hydrogen) atoms. The number of nitriles is 1. The molecule has 0 heterocycles. The molecule has 0 aromatic heterocycles. The molecule has 0 amide bonds. The Morgan fingerprint density at radius 2 is 1.95 bits per heavy atom. The van der Waals surface area contributed by atoms with E-state index in [0.717, 1.165) is 44.9 Å². The van der Waals surface area contributed by atoms with Crippen LogP contribution in [0, 0.1) is 11.5 Å². The van der Waals surface area contributed by atoms with E-state index in [0.29, 0.717) is 19.5 Å². The molecule has 5 nitrogen and oxygen atoms in total. The number of nitrogens with zero attached hydrogens (tertiary/aromatic N) is 2. The molecule has 0 saturated carbocycles. The Kier molecular flexibility index (Phi) is 13.4. The van der Waals surface area contributed by atoms with Crippen molar-refractivity contribution in [3.8, 4) is 6.19 Å². The van der Waals surface area contributed by atoms with Crippen molar-refractivity contribution < 1.29 is 15.0 Å². The zero-order chi connectivity index (χ0) is 16.6. The summed E-state index contributed by atoms with van der Waals surface area (Å²) in [7, 11) is 0. The van der Waals surface area contributed by atoms with Gasteiger partial charge in [-0.2, -0.15) is 5.26 Å². The van der Waals surface area contributed by atoms with Gasteiger partial charge in [-0.15, -0.1) is 0 Å². The lowest BCUT2D eigenvalue weighted by atomic mass is 10.1. The average molecular weight is 310 g/mol. The summed E-state index contributed by atoms with van der Waals surface area (Å²) < 4.78 is 0. The second-order valence-corrected chi connectivity index (χ2v) is 5.60. The summed E-state index contributed by atoms with van der Waals surface area (Å²) in [5.74, 6) is -0.749. The van der Waals surface area contributed by atoms with Gasteiger partial charge in [0.05, 0.1) is 6.10 Å². The highest BCUT2D eigenvalue weighted by atomic mass is 16.4. The van der Waals surface area contributed by atoms with E-state index in [9.17, 15) is 9.90 Å². The van der Waals surface area contributed by atoms with E-state index in [1.807, 2.05) is 6.08 Å². The Morgan fingerprint density at radius 3 is 2.59 bits per heavy atom. The third-order valence-electron chi connectivity index (χ3n) is 3.50. The van der Waals surface area contributed by atoms with Gasteiger partial charge in [0.1, 0.15) is 0 Å². The largest absolute Gasteiger partial charge is 0.481 e. The van der Waals surface area contributed by atoms with Crippen molar-refractivity contribution in [2.45, 2.75) is 70.8 Å². The van der Waals surface area contributed by atoms with E-state index in [4.69, 9.17) is 10.4 Å². The zero-order valence-corrected chi connectivity index (χ0v) is 13.7. The minimum absolute atomic E-state index is 0.223. The van der Waals surface area contributed by atoms with Gasteiger partial charge in [-0.1, -0.05) is 51.2 Å². The smallest absolute Gasteiger partial charge is 0.303 e. The topological polar surface area (TPSA) is 84.6 Å². The second-order valence-electron chi connectivity index (χ2n) is 5.60. The molecule has 0 aliphatic heterocycles. The van der Waals surface area contributed by atoms with E-state index in [2.05, 4.69) is 13.1 Å². The molecule has 0 aliphatic carbocycles. The predicted octanol–water partition coefficient (Wildman–Crippen LogP) is 3.30. The fourth-order valence-corrected chi connectivity index (χ4v) is 2.16. The quantitative estimate of drug-likeness (QED) is 0.222. The van der Waals surface area contributed by atoms with Gasteiger partial charge in [-0.25, -0.2) is 0 Å². The van der Waals surface area contributed by atoms with Crippen LogP contribution >= 0.6 is 0 Å². The van der Waals surface area contributed by atoms with Crippen molar-refractivity contribution in [1.82, 2.24) is 4.90 Å². The van der Waals surface area contributed by atoms with Crippen molar-refractivity contribution in [2.24, 2.45) is 0 Å². The number of carbonyl (C=O) groups is 1. The summed E-state index contributed by atoms with van der Waals surface area (Å²) in [4.78, 5) is 12.0. The molecule has 0 fully saturated rings. The zero-order valence-electron chi connectivity index (χ0n) is 13.7. The summed E-state index contributed by atoms with van der Waals surface area (Å²) in [6, 6.07) is 0. The first-order valence-electron chi connectivity index (χ1n) is 8.31. The van der Waals surface area contributed by atoms with Gasteiger partial charge in [0.15, 0.2) is 6.19 Å². The molecule has 0 aromatic carbocycles. The maximum absolute atomic E-state index is 10.4. The Balaban J connectivity index is 3.70. The van der Waals surface area contributed by atoms with E-state index in [1.165, 1.54) is 0 Å². The van der Waals surface area contributed by atoms with Crippen LogP contribution in [0.2, 0.25) is 0 Å². The number of hydrogen-bond donors (Lipinski definition) is 2. The molecule has 1 unspecified atom stereocenters.